The van der Waals surface area contributed by atoms with Crippen LogP contribution in [0.25, 0.3) is 0 Å². The van der Waals surface area contributed by atoms with Gasteiger partial charge in [-0.1, -0.05) is 6.08 Å². The van der Waals surface area contributed by atoms with Crippen LogP contribution < -0.4 is 0 Å². The van der Waals surface area contributed by atoms with Gasteiger partial charge in [0.2, 0.25) is 5.91 Å². The second-order valence-electron chi connectivity index (χ2n) is 3.17. The molecule has 0 fully saturated rings. The van der Waals surface area contributed by atoms with E-state index < -0.39 is 0 Å². The minimum Gasteiger partial charge on any atom is -0.352 e. The van der Waals surface area contributed by atoms with Gasteiger partial charge in [0.15, 0.2) is 6.23 Å². The van der Waals surface area contributed by atoms with Crippen molar-refractivity contribution < 1.29 is 9.53 Å². The van der Waals surface area contributed by atoms with Crippen LogP contribution in [0.5, 0.6) is 0 Å². The molecule has 0 aromatic carbocycles. The van der Waals surface area contributed by atoms with Gasteiger partial charge in [-0.25, -0.2) is 0 Å². The van der Waals surface area contributed by atoms with Crippen molar-refractivity contribution in [2.24, 2.45) is 0 Å². The summed E-state index contributed by atoms with van der Waals surface area (Å²) < 4.78 is 5.50. The predicted octanol–water partition coefficient (Wildman–Crippen LogP) is 1.16. The van der Waals surface area contributed by atoms with E-state index in [0.717, 1.165) is 0 Å². The highest BCUT2D eigenvalue weighted by molar-refractivity contribution is 5.74. The summed E-state index contributed by atoms with van der Waals surface area (Å²) in [5.74, 6) is 0.0608. The molecule has 1 heterocycles. The summed E-state index contributed by atoms with van der Waals surface area (Å²) in [4.78, 5) is 12.7. The quantitative estimate of drug-likeness (QED) is 0.580. The molecule has 1 amide bonds. The van der Waals surface area contributed by atoms with E-state index in [4.69, 9.17) is 4.74 Å². The van der Waals surface area contributed by atoms with Gasteiger partial charge >= 0.3 is 0 Å². The lowest BCUT2D eigenvalue weighted by Gasteiger charge is -2.24. The maximum absolute atomic E-state index is 11.0. The fraction of sp³-hybridized carbons (Fsp3) is 0.667. The molecule has 1 atom stereocenters. The van der Waals surface area contributed by atoms with E-state index in [1.54, 1.807) is 11.8 Å². The number of amides is 1. The molecule has 0 aromatic heterocycles. The molecule has 0 spiro atoms. The van der Waals surface area contributed by atoms with E-state index in [9.17, 15) is 4.79 Å². The molecule has 0 unspecified atom stereocenters. The Morgan fingerprint density at radius 3 is 2.83 bits per heavy atom. The van der Waals surface area contributed by atoms with Crippen LogP contribution in [0.15, 0.2) is 12.2 Å². The number of nitrogens with zero attached hydrogens (tertiary/aromatic N) is 1. The monoisotopic (exact) mass is 169 g/mol. The first-order valence-electron chi connectivity index (χ1n) is 4.20. The average molecular weight is 169 g/mol. The van der Waals surface area contributed by atoms with Crippen LogP contribution in [0.2, 0.25) is 0 Å². The predicted molar refractivity (Wildman–Crippen MR) is 46.5 cm³/mol. The summed E-state index contributed by atoms with van der Waals surface area (Å²) in [6.07, 6.45) is 3.87. The highest BCUT2D eigenvalue weighted by atomic mass is 16.5. The van der Waals surface area contributed by atoms with Crippen LogP contribution in [-0.2, 0) is 9.53 Å². The molecule has 1 aliphatic rings. The third-order valence-electron chi connectivity index (χ3n) is 1.73. The number of carbonyl (C=O) groups excluding carboxylic acids is 1. The average Bonchev–Trinajstić information content (AvgIpc) is 2.33. The van der Waals surface area contributed by atoms with E-state index >= 15 is 0 Å². The highest BCUT2D eigenvalue weighted by Crippen LogP contribution is 2.12. The maximum atomic E-state index is 11.0. The first-order valence-corrected chi connectivity index (χ1v) is 4.20. The zero-order chi connectivity index (χ0) is 9.14. The molecule has 3 heteroatoms. The van der Waals surface area contributed by atoms with Gasteiger partial charge < -0.3 is 9.64 Å². The molecule has 1 rings (SSSR count). The van der Waals surface area contributed by atoms with Crippen molar-refractivity contribution in [3.8, 4) is 0 Å². The van der Waals surface area contributed by atoms with Crippen LogP contribution in [0.1, 0.15) is 20.8 Å². The van der Waals surface area contributed by atoms with E-state index in [1.807, 2.05) is 26.0 Å². The van der Waals surface area contributed by atoms with Crippen LogP contribution in [0, 0.1) is 0 Å². The molecule has 0 saturated heterocycles. The fourth-order valence-electron chi connectivity index (χ4n) is 1.20. The molecule has 68 valence electrons. The number of rotatable bonds is 2. The Hall–Kier alpha value is -0.830. The third-order valence-corrected chi connectivity index (χ3v) is 1.73. The van der Waals surface area contributed by atoms with Crippen molar-refractivity contribution in [3.63, 3.8) is 0 Å². The lowest BCUT2D eigenvalue weighted by Crippen LogP contribution is -2.37. The van der Waals surface area contributed by atoms with E-state index in [-0.39, 0.29) is 18.2 Å². The molecule has 0 aromatic rings. The summed E-state index contributed by atoms with van der Waals surface area (Å²) >= 11 is 0. The SMILES string of the molecule is CC(=O)N1CC=C[C@H]1OC(C)C. The van der Waals surface area contributed by atoms with Gasteiger partial charge in [-0.05, 0) is 19.9 Å². The zero-order valence-electron chi connectivity index (χ0n) is 7.78. The van der Waals surface area contributed by atoms with Gasteiger partial charge in [-0.2, -0.15) is 0 Å². The van der Waals surface area contributed by atoms with Crippen LogP contribution in [-0.4, -0.2) is 29.7 Å². The van der Waals surface area contributed by atoms with E-state index in [0.29, 0.717) is 6.54 Å². The minimum absolute atomic E-state index is 0.0608. The van der Waals surface area contributed by atoms with Crippen molar-refractivity contribution in [2.75, 3.05) is 6.54 Å². The highest BCUT2D eigenvalue weighted by Gasteiger charge is 2.22. The molecule has 0 N–H and O–H groups in total. The molecule has 3 nitrogen and oxygen atoms in total. The summed E-state index contributed by atoms with van der Waals surface area (Å²) in [6, 6.07) is 0. The van der Waals surface area contributed by atoms with Crippen LogP contribution >= 0.6 is 0 Å². The van der Waals surface area contributed by atoms with Gasteiger partial charge in [-0.3, -0.25) is 4.79 Å². The lowest BCUT2D eigenvalue weighted by molar-refractivity contribution is -0.139. The van der Waals surface area contributed by atoms with Gasteiger partial charge in [0.25, 0.3) is 0 Å². The fourth-order valence-corrected chi connectivity index (χ4v) is 1.20. The van der Waals surface area contributed by atoms with Gasteiger partial charge in [-0.15, -0.1) is 0 Å². The summed E-state index contributed by atoms with van der Waals surface area (Å²) in [5, 5.41) is 0. The van der Waals surface area contributed by atoms with Gasteiger partial charge in [0, 0.05) is 13.5 Å². The van der Waals surface area contributed by atoms with Crippen molar-refractivity contribution in [1.82, 2.24) is 4.90 Å². The molecular weight excluding hydrogens is 154 g/mol. The summed E-state index contributed by atoms with van der Waals surface area (Å²) in [6.45, 7) is 6.16. The summed E-state index contributed by atoms with van der Waals surface area (Å²) in [5.41, 5.74) is 0. The lowest BCUT2D eigenvalue weighted by atomic mass is 10.4. The standard InChI is InChI=1S/C9H15NO2/c1-7(2)12-9-5-4-6-10(9)8(3)11/h4-5,7,9H,6H2,1-3H3/t9-/m1/s1. The Balaban J connectivity index is 2.51. The maximum Gasteiger partial charge on any atom is 0.222 e. The van der Waals surface area contributed by atoms with E-state index in [2.05, 4.69) is 0 Å². The second kappa shape index (κ2) is 3.72. The normalized spacial score (nSPS) is 22.3. The molecule has 1 aliphatic heterocycles. The smallest absolute Gasteiger partial charge is 0.222 e. The summed E-state index contributed by atoms with van der Waals surface area (Å²) in [7, 11) is 0. The number of hydrogen-bond donors (Lipinski definition) is 0. The Morgan fingerprint density at radius 1 is 1.67 bits per heavy atom. The largest absolute Gasteiger partial charge is 0.352 e. The van der Waals surface area contributed by atoms with Gasteiger partial charge in [0.05, 0.1) is 6.10 Å². The molecule has 0 bridgehead atoms. The zero-order valence-corrected chi connectivity index (χ0v) is 7.78. The van der Waals surface area contributed by atoms with Crippen molar-refractivity contribution >= 4 is 5.91 Å². The van der Waals surface area contributed by atoms with Crippen molar-refractivity contribution in [1.29, 1.82) is 0 Å². The first-order chi connectivity index (χ1) is 5.61. The Morgan fingerprint density at radius 2 is 2.33 bits per heavy atom. The molecule has 12 heavy (non-hydrogen) atoms. The van der Waals surface area contributed by atoms with Crippen molar-refractivity contribution in [3.05, 3.63) is 12.2 Å². The minimum atomic E-state index is -0.150. The molecule has 0 saturated carbocycles. The number of hydrogen-bond acceptors (Lipinski definition) is 2. The first kappa shape index (κ1) is 9.26. The Labute approximate surface area is 73.0 Å². The van der Waals surface area contributed by atoms with E-state index in [1.165, 1.54) is 0 Å². The molecule has 0 aliphatic carbocycles. The van der Waals surface area contributed by atoms with Crippen molar-refractivity contribution in [2.45, 2.75) is 33.1 Å². The third kappa shape index (κ3) is 2.08. The second-order valence-corrected chi connectivity index (χ2v) is 3.17. The Kier molecular flexibility index (Phi) is 2.87. The van der Waals surface area contributed by atoms with Gasteiger partial charge in [0.1, 0.15) is 0 Å². The molecular formula is C9H15NO2. The molecule has 0 radical (unpaired) electrons. The Bertz CT molecular complexity index is 199. The number of carbonyl (C=O) groups is 1. The van der Waals surface area contributed by atoms with Crippen LogP contribution in [0.3, 0.4) is 0 Å². The van der Waals surface area contributed by atoms with Crippen LogP contribution in [0.4, 0.5) is 0 Å². The topological polar surface area (TPSA) is 29.5 Å². The number of ether oxygens (including phenoxy) is 1.